The quantitative estimate of drug-likeness (QED) is 0.916. The van der Waals surface area contributed by atoms with Crippen LogP contribution >= 0.6 is 0 Å². The van der Waals surface area contributed by atoms with Crippen molar-refractivity contribution in [2.45, 2.75) is 20.3 Å². The molecule has 20 heavy (non-hydrogen) atoms. The number of carbonyl (C=O) groups excluding carboxylic acids is 1. The second-order valence-electron chi connectivity index (χ2n) is 5.98. The maximum Gasteiger partial charge on any atom is 0.224 e. The van der Waals surface area contributed by atoms with E-state index in [1.807, 2.05) is 12.1 Å². The zero-order valence-electron chi connectivity index (χ0n) is 12.7. The lowest BCUT2D eigenvalue weighted by atomic mass is 10.1. The standard InChI is InChI=1S/C16H25N3O/c1-13(2)12-16(20)17-14-4-6-15(7-5-14)19-10-8-18(3)9-11-19/h4-7,13H,8-12H2,1-3H3,(H,17,20). The number of rotatable bonds is 4. The van der Waals surface area contributed by atoms with Crippen molar-refractivity contribution in [3.05, 3.63) is 24.3 Å². The fraction of sp³-hybridized carbons (Fsp3) is 0.562. The lowest BCUT2D eigenvalue weighted by Gasteiger charge is -2.34. The molecule has 0 spiro atoms. The van der Waals surface area contributed by atoms with Crippen molar-refractivity contribution in [3.63, 3.8) is 0 Å². The van der Waals surface area contributed by atoms with Gasteiger partial charge in [0.05, 0.1) is 0 Å². The SMILES string of the molecule is CC(C)CC(=O)Nc1ccc(N2CCN(C)CC2)cc1. The lowest BCUT2D eigenvalue weighted by Crippen LogP contribution is -2.44. The highest BCUT2D eigenvalue weighted by Crippen LogP contribution is 2.19. The van der Waals surface area contributed by atoms with E-state index < -0.39 is 0 Å². The van der Waals surface area contributed by atoms with Gasteiger partial charge >= 0.3 is 0 Å². The van der Waals surface area contributed by atoms with Gasteiger partial charge in [0.25, 0.3) is 0 Å². The number of piperazine rings is 1. The van der Waals surface area contributed by atoms with Crippen LogP contribution in [0, 0.1) is 5.92 Å². The molecule has 1 aromatic carbocycles. The Kier molecular flexibility index (Phi) is 5.01. The number of hydrogen-bond donors (Lipinski definition) is 1. The monoisotopic (exact) mass is 275 g/mol. The molecule has 1 amide bonds. The Bertz CT molecular complexity index is 434. The van der Waals surface area contributed by atoms with Crippen LogP contribution in [-0.2, 0) is 4.79 Å². The second-order valence-corrected chi connectivity index (χ2v) is 5.98. The first-order valence-corrected chi connectivity index (χ1v) is 7.38. The number of benzene rings is 1. The minimum atomic E-state index is 0.0901. The molecule has 0 aromatic heterocycles. The average Bonchev–Trinajstić information content (AvgIpc) is 2.39. The highest BCUT2D eigenvalue weighted by atomic mass is 16.1. The smallest absolute Gasteiger partial charge is 0.224 e. The first-order chi connectivity index (χ1) is 9.54. The first-order valence-electron chi connectivity index (χ1n) is 7.38. The molecule has 0 radical (unpaired) electrons. The van der Waals surface area contributed by atoms with Gasteiger partial charge in [-0.15, -0.1) is 0 Å². The Labute approximate surface area is 121 Å². The molecule has 1 aliphatic heterocycles. The summed E-state index contributed by atoms with van der Waals surface area (Å²) in [6.45, 7) is 8.44. The van der Waals surface area contributed by atoms with E-state index in [0.717, 1.165) is 31.9 Å². The topological polar surface area (TPSA) is 35.6 Å². The van der Waals surface area contributed by atoms with Crippen molar-refractivity contribution in [2.24, 2.45) is 5.92 Å². The summed E-state index contributed by atoms with van der Waals surface area (Å²) in [5, 5.41) is 2.94. The maximum absolute atomic E-state index is 11.7. The average molecular weight is 275 g/mol. The van der Waals surface area contributed by atoms with Gasteiger partial charge in [-0.05, 0) is 37.2 Å². The summed E-state index contributed by atoms with van der Waals surface area (Å²) < 4.78 is 0. The number of nitrogens with one attached hydrogen (secondary N) is 1. The van der Waals surface area contributed by atoms with Gasteiger partial charge in [-0.25, -0.2) is 0 Å². The fourth-order valence-electron chi connectivity index (χ4n) is 2.40. The normalized spacial score (nSPS) is 16.5. The Balaban J connectivity index is 1.91. The summed E-state index contributed by atoms with van der Waals surface area (Å²) in [5.74, 6) is 0.479. The van der Waals surface area contributed by atoms with Gasteiger partial charge in [-0.3, -0.25) is 4.79 Å². The van der Waals surface area contributed by atoms with Gasteiger partial charge in [0.15, 0.2) is 0 Å². The fourth-order valence-corrected chi connectivity index (χ4v) is 2.40. The number of hydrogen-bond acceptors (Lipinski definition) is 3. The van der Waals surface area contributed by atoms with E-state index in [2.05, 4.69) is 48.1 Å². The van der Waals surface area contributed by atoms with E-state index in [0.29, 0.717) is 12.3 Å². The van der Waals surface area contributed by atoms with E-state index in [1.54, 1.807) is 0 Å². The van der Waals surface area contributed by atoms with Crippen LogP contribution in [0.15, 0.2) is 24.3 Å². The number of amides is 1. The van der Waals surface area contributed by atoms with E-state index in [9.17, 15) is 4.79 Å². The van der Waals surface area contributed by atoms with Crippen molar-refractivity contribution in [1.29, 1.82) is 0 Å². The predicted molar refractivity (Wildman–Crippen MR) is 84.2 cm³/mol. The van der Waals surface area contributed by atoms with Crippen LogP contribution in [0.4, 0.5) is 11.4 Å². The van der Waals surface area contributed by atoms with Gasteiger partial charge in [0, 0.05) is 44.0 Å². The Hall–Kier alpha value is -1.55. The molecule has 0 bridgehead atoms. The van der Waals surface area contributed by atoms with Gasteiger partial charge in [0.2, 0.25) is 5.91 Å². The summed E-state index contributed by atoms with van der Waals surface area (Å²) >= 11 is 0. The zero-order chi connectivity index (χ0) is 14.5. The van der Waals surface area contributed by atoms with Gasteiger partial charge in [-0.1, -0.05) is 13.8 Å². The van der Waals surface area contributed by atoms with Gasteiger partial charge < -0.3 is 15.1 Å². The van der Waals surface area contributed by atoms with Crippen LogP contribution in [0.25, 0.3) is 0 Å². The molecule has 1 aliphatic rings. The summed E-state index contributed by atoms with van der Waals surface area (Å²) in [6, 6.07) is 8.17. The van der Waals surface area contributed by atoms with Crippen molar-refractivity contribution >= 4 is 17.3 Å². The van der Waals surface area contributed by atoms with Crippen LogP contribution < -0.4 is 10.2 Å². The molecule has 1 saturated heterocycles. The highest BCUT2D eigenvalue weighted by molar-refractivity contribution is 5.90. The molecule has 0 atom stereocenters. The van der Waals surface area contributed by atoms with Crippen molar-refractivity contribution in [3.8, 4) is 0 Å². The number of anilines is 2. The number of likely N-dealkylation sites (N-methyl/N-ethyl adjacent to an activating group) is 1. The summed E-state index contributed by atoms with van der Waals surface area (Å²) in [7, 11) is 2.16. The van der Waals surface area contributed by atoms with Crippen LogP contribution in [0.3, 0.4) is 0 Å². The molecular weight excluding hydrogens is 250 g/mol. The molecule has 1 fully saturated rings. The van der Waals surface area contributed by atoms with Crippen molar-refractivity contribution < 1.29 is 4.79 Å². The third-order valence-corrected chi connectivity index (χ3v) is 3.61. The lowest BCUT2D eigenvalue weighted by molar-refractivity contribution is -0.116. The third kappa shape index (κ3) is 4.23. The summed E-state index contributed by atoms with van der Waals surface area (Å²) in [4.78, 5) is 16.5. The molecule has 2 rings (SSSR count). The van der Waals surface area contributed by atoms with E-state index in [4.69, 9.17) is 0 Å². The van der Waals surface area contributed by atoms with Gasteiger partial charge in [-0.2, -0.15) is 0 Å². The molecule has 0 aliphatic carbocycles. The zero-order valence-corrected chi connectivity index (χ0v) is 12.7. The highest BCUT2D eigenvalue weighted by Gasteiger charge is 2.14. The minimum Gasteiger partial charge on any atom is -0.369 e. The molecular formula is C16H25N3O. The largest absolute Gasteiger partial charge is 0.369 e. The van der Waals surface area contributed by atoms with Crippen LogP contribution in [0.2, 0.25) is 0 Å². The molecule has 1 heterocycles. The molecule has 0 saturated carbocycles. The minimum absolute atomic E-state index is 0.0901. The molecule has 1 aromatic rings. The molecule has 4 heteroatoms. The Morgan fingerprint density at radius 3 is 2.30 bits per heavy atom. The first kappa shape index (κ1) is 14.9. The molecule has 1 N–H and O–H groups in total. The third-order valence-electron chi connectivity index (χ3n) is 3.61. The Morgan fingerprint density at radius 1 is 1.15 bits per heavy atom. The molecule has 0 unspecified atom stereocenters. The van der Waals surface area contributed by atoms with Crippen molar-refractivity contribution in [2.75, 3.05) is 43.4 Å². The van der Waals surface area contributed by atoms with Gasteiger partial charge in [0.1, 0.15) is 0 Å². The maximum atomic E-state index is 11.7. The second kappa shape index (κ2) is 6.75. The predicted octanol–water partition coefficient (Wildman–Crippen LogP) is 2.42. The summed E-state index contributed by atoms with van der Waals surface area (Å²) in [6.07, 6.45) is 0.570. The number of nitrogens with zero attached hydrogens (tertiary/aromatic N) is 2. The van der Waals surface area contributed by atoms with E-state index in [-0.39, 0.29) is 5.91 Å². The van der Waals surface area contributed by atoms with Crippen molar-refractivity contribution in [1.82, 2.24) is 4.90 Å². The Morgan fingerprint density at radius 2 is 1.75 bits per heavy atom. The van der Waals surface area contributed by atoms with E-state index >= 15 is 0 Å². The van der Waals surface area contributed by atoms with Crippen LogP contribution in [0.5, 0.6) is 0 Å². The molecule has 110 valence electrons. The molecule has 4 nitrogen and oxygen atoms in total. The van der Waals surface area contributed by atoms with Crippen LogP contribution in [-0.4, -0.2) is 44.0 Å². The number of carbonyl (C=O) groups is 1. The summed E-state index contributed by atoms with van der Waals surface area (Å²) in [5.41, 5.74) is 2.12. The van der Waals surface area contributed by atoms with Crippen LogP contribution in [0.1, 0.15) is 20.3 Å². The van der Waals surface area contributed by atoms with E-state index in [1.165, 1.54) is 5.69 Å².